The highest BCUT2D eigenvalue weighted by atomic mass is 35.5. The Hall–Kier alpha value is -1.49. The minimum atomic E-state index is -0.0663. The molecule has 0 aliphatic heterocycles. The van der Waals surface area contributed by atoms with Gasteiger partial charge < -0.3 is 9.52 Å². The summed E-state index contributed by atoms with van der Waals surface area (Å²) in [5.41, 5.74) is 2.31. The molecular weight excluding hydrogens is 282 g/mol. The van der Waals surface area contributed by atoms with E-state index in [1.165, 1.54) is 11.8 Å². The van der Waals surface area contributed by atoms with Crippen LogP contribution in [-0.4, -0.2) is 10.1 Å². The number of rotatable bonds is 3. The maximum Gasteiger partial charge on any atom is 0.261 e. The van der Waals surface area contributed by atoms with Gasteiger partial charge in [-0.25, -0.2) is 4.98 Å². The van der Waals surface area contributed by atoms with Gasteiger partial charge in [0.2, 0.25) is 0 Å². The van der Waals surface area contributed by atoms with Crippen LogP contribution >= 0.6 is 23.4 Å². The lowest BCUT2D eigenvalue weighted by Gasteiger charge is -2.06. The Balaban J connectivity index is 2.01. The second-order valence-corrected chi connectivity index (χ2v) is 5.30. The van der Waals surface area contributed by atoms with E-state index in [2.05, 4.69) is 4.98 Å². The molecule has 0 unspecified atom stereocenters. The van der Waals surface area contributed by atoms with Crippen molar-refractivity contribution < 1.29 is 9.52 Å². The van der Waals surface area contributed by atoms with Crippen molar-refractivity contribution in [1.82, 2.24) is 4.98 Å². The predicted octanol–water partition coefficient (Wildman–Crippen LogP) is 4.12. The second-order valence-electron chi connectivity index (χ2n) is 3.94. The van der Waals surface area contributed by atoms with E-state index in [1.54, 1.807) is 6.07 Å². The summed E-state index contributed by atoms with van der Waals surface area (Å²) < 4.78 is 5.64. The molecule has 0 aliphatic carbocycles. The lowest BCUT2D eigenvalue weighted by molar-refractivity contribution is 0.279. The number of hydrogen-bond donors (Lipinski definition) is 1. The van der Waals surface area contributed by atoms with Gasteiger partial charge in [-0.1, -0.05) is 35.9 Å². The van der Waals surface area contributed by atoms with Gasteiger partial charge in [-0.2, -0.15) is 0 Å². The van der Waals surface area contributed by atoms with Gasteiger partial charge in [0.1, 0.15) is 5.52 Å². The predicted molar refractivity (Wildman–Crippen MR) is 75.5 cm³/mol. The molecule has 0 bridgehead atoms. The molecule has 1 heterocycles. The molecule has 0 amide bonds. The molecule has 0 spiro atoms. The molecule has 0 aliphatic rings. The van der Waals surface area contributed by atoms with E-state index in [1.807, 2.05) is 36.4 Å². The quantitative estimate of drug-likeness (QED) is 0.788. The average molecular weight is 292 g/mol. The first-order chi connectivity index (χ1) is 9.28. The summed E-state index contributed by atoms with van der Waals surface area (Å²) in [6.45, 7) is -0.0663. The molecule has 19 heavy (non-hydrogen) atoms. The third-order valence-corrected chi connectivity index (χ3v) is 4.14. The summed E-state index contributed by atoms with van der Waals surface area (Å²) in [6.07, 6.45) is 0. The fourth-order valence-electron chi connectivity index (χ4n) is 1.77. The molecule has 3 aromatic rings. The highest BCUT2D eigenvalue weighted by Crippen LogP contribution is 2.36. The number of aromatic nitrogens is 1. The van der Waals surface area contributed by atoms with Crippen molar-refractivity contribution in [2.45, 2.75) is 16.7 Å². The Morgan fingerprint density at radius 2 is 2.00 bits per heavy atom. The highest BCUT2D eigenvalue weighted by molar-refractivity contribution is 7.99. The topological polar surface area (TPSA) is 46.3 Å². The number of halogens is 1. The zero-order valence-corrected chi connectivity index (χ0v) is 11.4. The van der Waals surface area contributed by atoms with Crippen LogP contribution in [0.5, 0.6) is 0 Å². The Labute approximate surface area is 119 Å². The van der Waals surface area contributed by atoms with Crippen LogP contribution in [0.25, 0.3) is 11.1 Å². The molecule has 96 valence electrons. The van der Waals surface area contributed by atoms with Crippen molar-refractivity contribution in [3.05, 3.63) is 53.1 Å². The van der Waals surface area contributed by atoms with Crippen LogP contribution in [0.1, 0.15) is 5.56 Å². The SMILES string of the molecule is OCc1cccc(Cl)c1Sc1nc2ccccc2o1. The second kappa shape index (κ2) is 5.25. The number of aliphatic hydroxyl groups is 1. The molecule has 0 radical (unpaired) electrons. The van der Waals surface area contributed by atoms with Gasteiger partial charge in [-0.15, -0.1) is 0 Å². The van der Waals surface area contributed by atoms with Crippen molar-refractivity contribution in [2.75, 3.05) is 0 Å². The van der Waals surface area contributed by atoms with Crippen molar-refractivity contribution >= 4 is 34.5 Å². The van der Waals surface area contributed by atoms with E-state index in [4.69, 9.17) is 16.0 Å². The van der Waals surface area contributed by atoms with Crippen molar-refractivity contribution in [3.63, 3.8) is 0 Å². The van der Waals surface area contributed by atoms with Crippen molar-refractivity contribution in [3.8, 4) is 0 Å². The Morgan fingerprint density at radius 3 is 2.79 bits per heavy atom. The molecule has 0 saturated heterocycles. The Morgan fingerprint density at radius 1 is 1.16 bits per heavy atom. The molecule has 3 nitrogen and oxygen atoms in total. The Kier molecular flexibility index (Phi) is 3.46. The van der Waals surface area contributed by atoms with Gasteiger partial charge in [0.15, 0.2) is 5.58 Å². The first-order valence-corrected chi connectivity index (χ1v) is 6.89. The number of hydrogen-bond acceptors (Lipinski definition) is 4. The van der Waals surface area contributed by atoms with Gasteiger partial charge in [0.05, 0.1) is 11.6 Å². The minimum absolute atomic E-state index is 0.0663. The zero-order valence-electron chi connectivity index (χ0n) is 9.84. The smallest absolute Gasteiger partial charge is 0.261 e. The van der Waals surface area contributed by atoms with E-state index >= 15 is 0 Å². The summed E-state index contributed by atoms with van der Waals surface area (Å²) in [7, 11) is 0. The van der Waals surface area contributed by atoms with Crippen LogP contribution in [0.15, 0.2) is 57.0 Å². The van der Waals surface area contributed by atoms with E-state index in [-0.39, 0.29) is 6.61 Å². The van der Waals surface area contributed by atoms with E-state index in [0.717, 1.165) is 21.6 Å². The van der Waals surface area contributed by atoms with Gasteiger partial charge in [0, 0.05) is 4.90 Å². The zero-order chi connectivity index (χ0) is 13.2. The van der Waals surface area contributed by atoms with Crippen molar-refractivity contribution in [1.29, 1.82) is 0 Å². The van der Waals surface area contributed by atoms with E-state index in [0.29, 0.717) is 10.2 Å². The molecule has 1 aromatic heterocycles. The van der Waals surface area contributed by atoms with Gasteiger partial charge in [-0.3, -0.25) is 0 Å². The molecule has 3 rings (SSSR count). The normalized spacial score (nSPS) is 11.1. The van der Waals surface area contributed by atoms with Crippen LogP contribution in [0.3, 0.4) is 0 Å². The summed E-state index contributed by atoms with van der Waals surface area (Å²) >= 11 is 7.48. The molecule has 0 saturated carbocycles. The molecule has 1 N–H and O–H groups in total. The number of oxazole rings is 1. The highest BCUT2D eigenvalue weighted by Gasteiger charge is 2.12. The fraction of sp³-hybridized carbons (Fsp3) is 0.0714. The van der Waals surface area contributed by atoms with E-state index in [9.17, 15) is 5.11 Å². The molecule has 5 heteroatoms. The van der Waals surface area contributed by atoms with Crippen molar-refractivity contribution in [2.24, 2.45) is 0 Å². The maximum atomic E-state index is 9.34. The third kappa shape index (κ3) is 2.47. The average Bonchev–Trinajstić information content (AvgIpc) is 2.83. The largest absolute Gasteiger partial charge is 0.431 e. The van der Waals surface area contributed by atoms with Gasteiger partial charge in [0.25, 0.3) is 5.22 Å². The number of para-hydroxylation sites is 2. The number of benzene rings is 2. The first kappa shape index (κ1) is 12.5. The summed E-state index contributed by atoms with van der Waals surface area (Å²) in [5, 5.41) is 10.4. The molecular formula is C14H10ClNO2S. The number of aliphatic hydroxyl groups excluding tert-OH is 1. The molecule has 2 aromatic carbocycles. The Bertz CT molecular complexity index is 693. The monoisotopic (exact) mass is 291 g/mol. The van der Waals surface area contributed by atoms with Gasteiger partial charge in [-0.05, 0) is 35.5 Å². The van der Waals surface area contributed by atoms with Crippen LogP contribution < -0.4 is 0 Å². The first-order valence-electron chi connectivity index (χ1n) is 5.69. The number of fused-ring (bicyclic) bond motifs is 1. The van der Waals surface area contributed by atoms with Crippen LogP contribution in [0, 0.1) is 0 Å². The lowest BCUT2D eigenvalue weighted by atomic mass is 10.2. The fourth-order valence-corrected chi connectivity index (χ4v) is 2.96. The third-order valence-electron chi connectivity index (χ3n) is 2.68. The lowest BCUT2D eigenvalue weighted by Crippen LogP contribution is -1.88. The maximum absolute atomic E-state index is 9.34. The van der Waals surface area contributed by atoms with Crippen LogP contribution in [-0.2, 0) is 6.61 Å². The van der Waals surface area contributed by atoms with Crippen LogP contribution in [0.4, 0.5) is 0 Å². The van der Waals surface area contributed by atoms with Crippen LogP contribution in [0.2, 0.25) is 5.02 Å². The van der Waals surface area contributed by atoms with Gasteiger partial charge >= 0.3 is 0 Å². The molecule has 0 atom stereocenters. The molecule has 0 fully saturated rings. The summed E-state index contributed by atoms with van der Waals surface area (Å²) in [5.74, 6) is 0. The summed E-state index contributed by atoms with van der Waals surface area (Å²) in [6, 6.07) is 13.0. The number of nitrogens with zero attached hydrogens (tertiary/aromatic N) is 1. The minimum Gasteiger partial charge on any atom is -0.431 e. The van der Waals surface area contributed by atoms with E-state index < -0.39 is 0 Å². The standard InChI is InChI=1S/C14H10ClNO2S/c15-10-5-3-4-9(8-17)13(10)19-14-16-11-6-1-2-7-12(11)18-14/h1-7,17H,8H2. The summed E-state index contributed by atoms with van der Waals surface area (Å²) in [4.78, 5) is 5.16.